The molecule has 0 saturated carbocycles. The summed E-state index contributed by atoms with van der Waals surface area (Å²) in [5, 5.41) is 4.59. The lowest BCUT2D eigenvalue weighted by atomic mass is 10.1. The smallest absolute Gasteiger partial charge is 0.138 e. The summed E-state index contributed by atoms with van der Waals surface area (Å²) in [4.78, 5) is 0. The van der Waals surface area contributed by atoms with Crippen LogP contribution in [-0.2, 0) is 13.0 Å². The van der Waals surface area contributed by atoms with Gasteiger partial charge in [-0.1, -0.05) is 13.8 Å². The normalized spacial score (nSPS) is 11.1. The molecule has 98 valence electrons. The van der Waals surface area contributed by atoms with Crippen LogP contribution in [0.3, 0.4) is 0 Å². The second kappa shape index (κ2) is 5.91. The monoisotopic (exact) mass is 247 g/mol. The van der Waals surface area contributed by atoms with Gasteiger partial charge in [-0.2, -0.15) is 0 Å². The highest BCUT2D eigenvalue weighted by atomic mass is 16.5. The standard InChI is InChI=1S/C15H21NO2/c1-4-8-16-10-15-12(5-2)13-7-6-11(17-3)9-14(13)18-15/h6-7,9,16H,4-5,8,10H2,1-3H3. The number of hydrogen-bond donors (Lipinski definition) is 1. The van der Waals surface area contributed by atoms with E-state index in [1.165, 1.54) is 10.9 Å². The number of hydrogen-bond acceptors (Lipinski definition) is 3. The highest BCUT2D eigenvalue weighted by molar-refractivity contribution is 5.83. The van der Waals surface area contributed by atoms with Crippen LogP contribution in [-0.4, -0.2) is 13.7 Å². The summed E-state index contributed by atoms with van der Waals surface area (Å²) in [5.41, 5.74) is 2.22. The zero-order chi connectivity index (χ0) is 13.0. The fourth-order valence-corrected chi connectivity index (χ4v) is 2.22. The van der Waals surface area contributed by atoms with E-state index in [1.54, 1.807) is 7.11 Å². The van der Waals surface area contributed by atoms with Gasteiger partial charge in [-0.15, -0.1) is 0 Å². The van der Waals surface area contributed by atoms with Crippen LogP contribution in [0, 0.1) is 0 Å². The molecule has 0 amide bonds. The molecule has 18 heavy (non-hydrogen) atoms. The van der Waals surface area contributed by atoms with E-state index in [2.05, 4.69) is 25.2 Å². The number of benzene rings is 1. The minimum atomic E-state index is 0.800. The van der Waals surface area contributed by atoms with Crippen LogP contribution in [0.1, 0.15) is 31.6 Å². The lowest BCUT2D eigenvalue weighted by Crippen LogP contribution is -2.14. The van der Waals surface area contributed by atoms with Gasteiger partial charge in [-0.05, 0) is 31.5 Å². The molecule has 2 aromatic rings. The molecule has 0 bridgehead atoms. The van der Waals surface area contributed by atoms with Crippen molar-refractivity contribution in [3.8, 4) is 5.75 Å². The lowest BCUT2D eigenvalue weighted by Gasteiger charge is -2.01. The van der Waals surface area contributed by atoms with Crippen LogP contribution >= 0.6 is 0 Å². The Morgan fingerprint density at radius 2 is 2.11 bits per heavy atom. The van der Waals surface area contributed by atoms with Crippen molar-refractivity contribution < 1.29 is 9.15 Å². The van der Waals surface area contributed by atoms with Gasteiger partial charge in [0, 0.05) is 17.0 Å². The summed E-state index contributed by atoms with van der Waals surface area (Å²) < 4.78 is 11.2. The van der Waals surface area contributed by atoms with Crippen molar-refractivity contribution in [2.75, 3.05) is 13.7 Å². The van der Waals surface area contributed by atoms with Crippen LogP contribution in [0.25, 0.3) is 11.0 Å². The summed E-state index contributed by atoms with van der Waals surface area (Å²) >= 11 is 0. The average Bonchev–Trinajstić information content (AvgIpc) is 2.75. The summed E-state index contributed by atoms with van der Waals surface area (Å²) in [6, 6.07) is 6.03. The second-order valence-corrected chi connectivity index (χ2v) is 4.40. The third-order valence-corrected chi connectivity index (χ3v) is 3.15. The first-order chi connectivity index (χ1) is 8.80. The van der Waals surface area contributed by atoms with Gasteiger partial charge in [-0.3, -0.25) is 0 Å². The Bertz CT molecular complexity index is 516. The van der Waals surface area contributed by atoms with E-state index in [-0.39, 0.29) is 0 Å². The largest absolute Gasteiger partial charge is 0.497 e. The van der Waals surface area contributed by atoms with Crippen molar-refractivity contribution in [3.63, 3.8) is 0 Å². The Morgan fingerprint density at radius 1 is 1.28 bits per heavy atom. The van der Waals surface area contributed by atoms with Crippen molar-refractivity contribution in [3.05, 3.63) is 29.5 Å². The molecule has 0 fully saturated rings. The first-order valence-corrected chi connectivity index (χ1v) is 6.59. The topological polar surface area (TPSA) is 34.4 Å². The molecule has 3 nitrogen and oxygen atoms in total. The number of aryl methyl sites for hydroxylation is 1. The molecule has 0 saturated heterocycles. The SMILES string of the molecule is CCCNCc1oc2cc(OC)ccc2c1CC. The summed E-state index contributed by atoms with van der Waals surface area (Å²) in [5.74, 6) is 1.89. The van der Waals surface area contributed by atoms with E-state index in [9.17, 15) is 0 Å². The molecule has 0 unspecified atom stereocenters. The molecule has 0 aliphatic rings. The molecule has 1 aromatic heterocycles. The van der Waals surface area contributed by atoms with Crippen LogP contribution in [0.5, 0.6) is 5.75 Å². The molecule has 1 N–H and O–H groups in total. The number of rotatable bonds is 6. The lowest BCUT2D eigenvalue weighted by molar-refractivity contribution is 0.414. The Balaban J connectivity index is 2.34. The van der Waals surface area contributed by atoms with Crippen molar-refractivity contribution in [1.82, 2.24) is 5.32 Å². The first-order valence-electron chi connectivity index (χ1n) is 6.59. The van der Waals surface area contributed by atoms with Gasteiger partial charge in [-0.25, -0.2) is 0 Å². The fourth-order valence-electron chi connectivity index (χ4n) is 2.22. The van der Waals surface area contributed by atoms with Gasteiger partial charge in [0.2, 0.25) is 0 Å². The van der Waals surface area contributed by atoms with Gasteiger partial charge in [0.25, 0.3) is 0 Å². The Hall–Kier alpha value is -1.48. The zero-order valence-electron chi connectivity index (χ0n) is 11.4. The van der Waals surface area contributed by atoms with E-state index in [0.29, 0.717) is 0 Å². The molecular formula is C15H21NO2. The highest BCUT2D eigenvalue weighted by Gasteiger charge is 2.12. The predicted molar refractivity (Wildman–Crippen MR) is 74.1 cm³/mol. The van der Waals surface area contributed by atoms with Crippen molar-refractivity contribution in [2.24, 2.45) is 0 Å². The Labute approximate surface area is 108 Å². The minimum Gasteiger partial charge on any atom is -0.497 e. The molecule has 0 spiro atoms. The van der Waals surface area contributed by atoms with Gasteiger partial charge >= 0.3 is 0 Å². The fraction of sp³-hybridized carbons (Fsp3) is 0.467. The quantitative estimate of drug-likeness (QED) is 0.793. The number of ether oxygens (including phenoxy) is 1. The van der Waals surface area contributed by atoms with E-state index in [4.69, 9.17) is 9.15 Å². The van der Waals surface area contributed by atoms with Crippen molar-refractivity contribution in [2.45, 2.75) is 33.2 Å². The highest BCUT2D eigenvalue weighted by Crippen LogP contribution is 2.29. The van der Waals surface area contributed by atoms with Crippen molar-refractivity contribution >= 4 is 11.0 Å². The summed E-state index contributed by atoms with van der Waals surface area (Å²) in [7, 11) is 1.68. The second-order valence-electron chi connectivity index (χ2n) is 4.40. The number of methoxy groups -OCH3 is 1. The maximum atomic E-state index is 5.94. The summed E-state index contributed by atoms with van der Waals surface area (Å²) in [6.07, 6.45) is 2.12. The minimum absolute atomic E-state index is 0.800. The third kappa shape index (κ3) is 2.51. The number of furan rings is 1. The Morgan fingerprint density at radius 3 is 2.78 bits per heavy atom. The molecule has 0 atom stereocenters. The van der Waals surface area contributed by atoms with Gasteiger partial charge in [0.1, 0.15) is 17.1 Å². The molecule has 0 aliphatic carbocycles. The van der Waals surface area contributed by atoms with Crippen LogP contribution in [0.15, 0.2) is 22.6 Å². The first kappa shape index (κ1) is 13.0. The molecule has 0 aliphatic heterocycles. The van der Waals surface area contributed by atoms with Crippen LogP contribution in [0.2, 0.25) is 0 Å². The molecule has 3 heteroatoms. The van der Waals surface area contributed by atoms with Gasteiger partial charge in [0.15, 0.2) is 0 Å². The van der Waals surface area contributed by atoms with E-state index in [0.717, 1.165) is 43.0 Å². The molecule has 0 radical (unpaired) electrons. The predicted octanol–water partition coefficient (Wildman–Crippen LogP) is 3.50. The van der Waals surface area contributed by atoms with Crippen LogP contribution in [0.4, 0.5) is 0 Å². The number of nitrogens with one attached hydrogen (secondary N) is 1. The maximum absolute atomic E-state index is 5.94. The Kier molecular flexibility index (Phi) is 4.26. The molecule has 1 aromatic carbocycles. The van der Waals surface area contributed by atoms with Gasteiger partial charge in [0.05, 0.1) is 13.7 Å². The third-order valence-electron chi connectivity index (χ3n) is 3.15. The van der Waals surface area contributed by atoms with E-state index >= 15 is 0 Å². The maximum Gasteiger partial charge on any atom is 0.138 e. The summed E-state index contributed by atoms with van der Waals surface area (Å²) in [6.45, 7) is 6.15. The molecule has 2 rings (SSSR count). The molecular weight excluding hydrogens is 226 g/mol. The van der Waals surface area contributed by atoms with Gasteiger partial charge < -0.3 is 14.5 Å². The van der Waals surface area contributed by atoms with E-state index in [1.807, 2.05) is 12.1 Å². The number of fused-ring (bicyclic) bond motifs is 1. The zero-order valence-corrected chi connectivity index (χ0v) is 11.4. The van der Waals surface area contributed by atoms with Crippen LogP contribution < -0.4 is 10.1 Å². The van der Waals surface area contributed by atoms with E-state index < -0.39 is 0 Å². The van der Waals surface area contributed by atoms with Crippen molar-refractivity contribution in [1.29, 1.82) is 0 Å². The molecule has 1 heterocycles. The average molecular weight is 247 g/mol.